The van der Waals surface area contributed by atoms with Gasteiger partial charge in [-0.2, -0.15) is 0 Å². The van der Waals surface area contributed by atoms with Gasteiger partial charge in [-0.3, -0.25) is 4.79 Å². The topological polar surface area (TPSA) is 66.5 Å². The van der Waals surface area contributed by atoms with E-state index in [1.807, 2.05) is 30.3 Å². The number of hydrogen-bond donors (Lipinski definition) is 1. The van der Waals surface area contributed by atoms with Crippen LogP contribution < -0.4 is 4.72 Å². The Morgan fingerprint density at radius 3 is 2.37 bits per heavy atom. The molecule has 162 valence electrons. The van der Waals surface area contributed by atoms with Crippen LogP contribution in [0.2, 0.25) is 0 Å². The first-order chi connectivity index (χ1) is 14.2. The highest BCUT2D eigenvalue weighted by Gasteiger charge is 2.31. The summed E-state index contributed by atoms with van der Waals surface area (Å²) in [4.78, 5) is 14.9. The van der Waals surface area contributed by atoms with Crippen LogP contribution in [0.15, 0.2) is 42.5 Å². The fourth-order valence-corrected chi connectivity index (χ4v) is 5.25. The number of sulfonamides is 1. The van der Waals surface area contributed by atoms with Crippen LogP contribution in [0.1, 0.15) is 42.6 Å². The third kappa shape index (κ3) is 5.14. The summed E-state index contributed by atoms with van der Waals surface area (Å²) in [6.45, 7) is 6.76. The predicted molar refractivity (Wildman–Crippen MR) is 118 cm³/mol. The monoisotopic (exact) mass is 432 g/mol. The Morgan fingerprint density at radius 2 is 1.77 bits per heavy atom. The lowest BCUT2D eigenvalue weighted by Gasteiger charge is -2.34. The molecule has 0 saturated carbocycles. The molecular formula is C23H29FN2O3S. The van der Waals surface area contributed by atoms with Gasteiger partial charge in [-0.25, -0.2) is 17.5 Å². The van der Waals surface area contributed by atoms with Crippen LogP contribution in [0, 0.1) is 12.7 Å². The van der Waals surface area contributed by atoms with E-state index in [0.717, 1.165) is 11.1 Å². The smallest absolute Gasteiger partial charge is 0.214 e. The maximum absolute atomic E-state index is 14.6. The van der Waals surface area contributed by atoms with Gasteiger partial charge in [0, 0.05) is 6.04 Å². The van der Waals surface area contributed by atoms with E-state index in [1.54, 1.807) is 13.0 Å². The zero-order valence-corrected chi connectivity index (χ0v) is 18.5. The largest absolute Gasteiger partial charge is 0.301 e. The van der Waals surface area contributed by atoms with Gasteiger partial charge in [-0.1, -0.05) is 30.3 Å². The number of nitrogens with zero attached hydrogens (tertiary/aromatic N) is 1. The molecule has 2 aromatic rings. The molecule has 5 nitrogen and oxygen atoms in total. The van der Waals surface area contributed by atoms with Crippen molar-refractivity contribution in [1.29, 1.82) is 0 Å². The van der Waals surface area contributed by atoms with Crippen molar-refractivity contribution in [3.05, 3.63) is 59.4 Å². The van der Waals surface area contributed by atoms with E-state index < -0.39 is 33.4 Å². The van der Waals surface area contributed by atoms with Crippen molar-refractivity contribution < 1.29 is 17.6 Å². The van der Waals surface area contributed by atoms with E-state index in [9.17, 15) is 17.6 Å². The van der Waals surface area contributed by atoms with E-state index in [1.165, 1.54) is 6.07 Å². The molecule has 1 N–H and O–H groups in total. The quantitative estimate of drug-likeness (QED) is 0.677. The molecule has 0 aliphatic carbocycles. The van der Waals surface area contributed by atoms with Gasteiger partial charge >= 0.3 is 0 Å². The third-order valence-electron chi connectivity index (χ3n) is 5.74. The summed E-state index contributed by atoms with van der Waals surface area (Å²) in [6, 6.07) is 12.9. The van der Waals surface area contributed by atoms with Crippen molar-refractivity contribution >= 4 is 15.8 Å². The van der Waals surface area contributed by atoms with Crippen LogP contribution in [0.3, 0.4) is 0 Å². The molecule has 7 heteroatoms. The van der Waals surface area contributed by atoms with Crippen molar-refractivity contribution in [2.24, 2.45) is 0 Å². The van der Waals surface area contributed by atoms with Crippen LogP contribution in [-0.4, -0.2) is 50.0 Å². The zero-order chi connectivity index (χ0) is 21.9. The minimum absolute atomic E-state index is 0.0915. The molecule has 3 rings (SSSR count). The van der Waals surface area contributed by atoms with Crippen LogP contribution in [0.25, 0.3) is 11.1 Å². The molecule has 1 aliphatic rings. The molecule has 0 radical (unpaired) electrons. The molecule has 1 aliphatic heterocycles. The lowest BCUT2D eigenvalue weighted by Crippen LogP contribution is -2.46. The lowest BCUT2D eigenvalue weighted by atomic mass is 9.98. The van der Waals surface area contributed by atoms with E-state index in [4.69, 9.17) is 0 Å². The van der Waals surface area contributed by atoms with Crippen molar-refractivity contribution in [1.82, 2.24) is 9.62 Å². The van der Waals surface area contributed by atoms with Crippen molar-refractivity contribution in [3.63, 3.8) is 0 Å². The average molecular weight is 433 g/mol. The Bertz CT molecular complexity index is 999. The third-order valence-corrected chi connectivity index (χ3v) is 7.64. The average Bonchev–Trinajstić information content (AvgIpc) is 2.74. The number of hydrogen-bond acceptors (Lipinski definition) is 4. The first-order valence-corrected chi connectivity index (χ1v) is 11.8. The summed E-state index contributed by atoms with van der Waals surface area (Å²) in [5.74, 6) is -1.18. The second-order valence-electron chi connectivity index (χ2n) is 8.14. The zero-order valence-electron chi connectivity index (χ0n) is 17.7. The van der Waals surface area contributed by atoms with Gasteiger partial charge in [0.1, 0.15) is 5.82 Å². The molecule has 30 heavy (non-hydrogen) atoms. The number of nitrogens with one attached hydrogen (secondary N) is 1. The first-order valence-electron chi connectivity index (χ1n) is 10.3. The Kier molecular flexibility index (Phi) is 7.06. The molecule has 1 saturated heterocycles. The number of Topliss-reactive ketones (excluding diaryl/α,β-unsaturated/α-hetero) is 1. The number of likely N-dealkylation sites (tertiary alicyclic amines) is 1. The van der Waals surface area contributed by atoms with Crippen LogP contribution in [0.4, 0.5) is 4.39 Å². The number of ketones is 1. The fourth-order valence-electron chi connectivity index (χ4n) is 3.85. The van der Waals surface area contributed by atoms with Crippen molar-refractivity contribution in [2.45, 2.75) is 44.9 Å². The van der Waals surface area contributed by atoms with Gasteiger partial charge in [0.15, 0.2) is 5.78 Å². The Morgan fingerprint density at radius 1 is 1.13 bits per heavy atom. The molecular weight excluding hydrogens is 403 g/mol. The summed E-state index contributed by atoms with van der Waals surface area (Å²) in [5, 5.41) is -0.525. The second-order valence-corrected chi connectivity index (χ2v) is 10.2. The van der Waals surface area contributed by atoms with E-state index in [2.05, 4.69) is 23.5 Å². The minimum Gasteiger partial charge on any atom is -0.301 e. The second kappa shape index (κ2) is 9.37. The summed E-state index contributed by atoms with van der Waals surface area (Å²) in [5.41, 5.74) is 1.85. The SMILES string of the molecule is Cc1cc(-c2ccccc2)cc(C(=O)CNS(=O)(=O)C2CCN(C(C)C)CC2)c1F. The first kappa shape index (κ1) is 22.6. The normalized spacial score (nSPS) is 16.2. The molecule has 1 fully saturated rings. The highest BCUT2D eigenvalue weighted by molar-refractivity contribution is 7.90. The highest BCUT2D eigenvalue weighted by Crippen LogP contribution is 2.25. The molecule has 2 aromatic carbocycles. The van der Waals surface area contributed by atoms with Crippen LogP contribution in [0.5, 0.6) is 0 Å². The number of carbonyl (C=O) groups is 1. The molecule has 0 spiro atoms. The molecule has 1 heterocycles. The Labute approximate surface area is 178 Å². The van der Waals surface area contributed by atoms with Gasteiger partial charge in [0.2, 0.25) is 10.0 Å². The number of rotatable bonds is 7. The van der Waals surface area contributed by atoms with E-state index in [0.29, 0.717) is 37.5 Å². The minimum atomic E-state index is -3.64. The van der Waals surface area contributed by atoms with Gasteiger partial charge in [-0.05, 0) is 75.5 Å². The molecule has 0 bridgehead atoms. The fraction of sp³-hybridized carbons (Fsp3) is 0.435. The number of carbonyl (C=O) groups excluding carboxylic acids is 1. The molecule has 0 unspecified atom stereocenters. The van der Waals surface area contributed by atoms with Gasteiger partial charge in [0.05, 0.1) is 17.4 Å². The maximum Gasteiger partial charge on any atom is 0.214 e. The molecule has 0 aromatic heterocycles. The van der Waals surface area contributed by atoms with Gasteiger partial charge in [-0.15, -0.1) is 0 Å². The predicted octanol–water partition coefficient (Wildman–Crippen LogP) is 3.78. The summed E-state index contributed by atoms with van der Waals surface area (Å²) < 4.78 is 42.4. The standard InChI is InChI=1S/C23H29FN2O3S/c1-16(2)26-11-9-20(10-12-26)30(28,29)25-15-22(27)21-14-19(13-17(3)23(21)24)18-7-5-4-6-8-18/h4-8,13-14,16,20,25H,9-12,15H2,1-3H3. The Hall–Kier alpha value is -2.09. The highest BCUT2D eigenvalue weighted by atomic mass is 32.2. The van der Waals surface area contributed by atoms with E-state index in [-0.39, 0.29) is 5.56 Å². The van der Waals surface area contributed by atoms with Crippen LogP contribution in [-0.2, 0) is 10.0 Å². The lowest BCUT2D eigenvalue weighted by molar-refractivity contribution is 0.0992. The number of aryl methyl sites for hydroxylation is 1. The van der Waals surface area contributed by atoms with Crippen LogP contribution >= 0.6 is 0 Å². The van der Waals surface area contributed by atoms with Gasteiger partial charge in [0.25, 0.3) is 0 Å². The maximum atomic E-state index is 14.6. The van der Waals surface area contributed by atoms with Crippen molar-refractivity contribution in [3.8, 4) is 11.1 Å². The Balaban J connectivity index is 1.71. The number of halogens is 1. The summed E-state index contributed by atoms with van der Waals surface area (Å²) in [7, 11) is -3.64. The number of piperidine rings is 1. The summed E-state index contributed by atoms with van der Waals surface area (Å²) in [6.07, 6.45) is 1.05. The molecule has 0 amide bonds. The molecule has 0 atom stereocenters. The number of benzene rings is 2. The van der Waals surface area contributed by atoms with Gasteiger partial charge < -0.3 is 4.90 Å². The van der Waals surface area contributed by atoms with Crippen molar-refractivity contribution in [2.75, 3.05) is 19.6 Å². The summed E-state index contributed by atoms with van der Waals surface area (Å²) >= 11 is 0. The van der Waals surface area contributed by atoms with E-state index >= 15 is 0 Å².